The van der Waals surface area contributed by atoms with Crippen molar-refractivity contribution in [2.75, 3.05) is 17.7 Å². The van der Waals surface area contributed by atoms with Gasteiger partial charge >= 0.3 is 0 Å². The molecule has 9 heteroatoms. The SMILES string of the molecule is C=CCn1c(SCC(=O)Nc2nc3ccccc3s2)nnc1-c1ccc(OCC)cc1. The van der Waals surface area contributed by atoms with Crippen LogP contribution in [0.1, 0.15) is 6.92 Å². The first kappa shape index (κ1) is 21.1. The van der Waals surface area contributed by atoms with Crippen LogP contribution in [0.3, 0.4) is 0 Å². The van der Waals surface area contributed by atoms with Gasteiger partial charge in [0.2, 0.25) is 5.91 Å². The number of rotatable bonds is 9. The van der Waals surface area contributed by atoms with Gasteiger partial charge in [-0.2, -0.15) is 0 Å². The average molecular weight is 452 g/mol. The molecule has 0 radical (unpaired) electrons. The van der Waals surface area contributed by atoms with Crippen LogP contribution in [0.2, 0.25) is 0 Å². The highest BCUT2D eigenvalue weighted by atomic mass is 32.2. The molecule has 0 aliphatic carbocycles. The molecule has 0 spiro atoms. The fourth-order valence-electron chi connectivity index (χ4n) is 2.98. The molecule has 4 rings (SSSR count). The van der Waals surface area contributed by atoms with Gasteiger partial charge in [-0.05, 0) is 43.3 Å². The molecule has 0 bridgehead atoms. The summed E-state index contributed by atoms with van der Waals surface area (Å²) >= 11 is 2.79. The van der Waals surface area contributed by atoms with Gasteiger partial charge in [-0.3, -0.25) is 9.36 Å². The van der Waals surface area contributed by atoms with E-state index in [1.165, 1.54) is 23.1 Å². The third kappa shape index (κ3) is 4.95. The van der Waals surface area contributed by atoms with Crippen molar-refractivity contribution in [2.24, 2.45) is 0 Å². The Balaban J connectivity index is 1.45. The topological polar surface area (TPSA) is 81.9 Å². The largest absolute Gasteiger partial charge is 0.494 e. The number of para-hydroxylation sites is 1. The molecule has 2 aromatic heterocycles. The summed E-state index contributed by atoms with van der Waals surface area (Å²) in [5.74, 6) is 1.59. The van der Waals surface area contributed by atoms with Crippen LogP contribution in [0.5, 0.6) is 5.75 Å². The molecule has 1 N–H and O–H groups in total. The second kappa shape index (κ2) is 9.76. The minimum Gasteiger partial charge on any atom is -0.494 e. The van der Waals surface area contributed by atoms with Crippen molar-refractivity contribution in [1.82, 2.24) is 19.7 Å². The Morgan fingerprint density at radius 1 is 1.23 bits per heavy atom. The first-order valence-electron chi connectivity index (χ1n) is 9.73. The number of hydrogen-bond acceptors (Lipinski definition) is 7. The summed E-state index contributed by atoms with van der Waals surface area (Å²) in [6, 6.07) is 15.5. The van der Waals surface area contributed by atoms with Gasteiger partial charge in [-0.15, -0.1) is 16.8 Å². The molecule has 0 fully saturated rings. The summed E-state index contributed by atoms with van der Waals surface area (Å²) in [5.41, 5.74) is 1.80. The lowest BCUT2D eigenvalue weighted by Gasteiger charge is -2.08. The number of thiazole rings is 1. The molecule has 1 amide bonds. The van der Waals surface area contributed by atoms with Gasteiger partial charge < -0.3 is 10.1 Å². The molecule has 0 aliphatic rings. The molecule has 0 atom stereocenters. The van der Waals surface area contributed by atoms with Gasteiger partial charge in [0.05, 0.1) is 22.6 Å². The first-order valence-corrected chi connectivity index (χ1v) is 11.5. The van der Waals surface area contributed by atoms with Gasteiger partial charge in [-0.25, -0.2) is 4.98 Å². The van der Waals surface area contributed by atoms with Crippen molar-refractivity contribution >= 4 is 44.4 Å². The van der Waals surface area contributed by atoms with E-state index < -0.39 is 0 Å². The zero-order chi connectivity index (χ0) is 21.6. The highest BCUT2D eigenvalue weighted by molar-refractivity contribution is 7.99. The highest BCUT2D eigenvalue weighted by Gasteiger charge is 2.16. The van der Waals surface area contributed by atoms with Crippen molar-refractivity contribution in [3.05, 3.63) is 61.2 Å². The number of benzene rings is 2. The lowest BCUT2D eigenvalue weighted by molar-refractivity contribution is -0.113. The second-order valence-corrected chi connectivity index (χ2v) is 8.46. The van der Waals surface area contributed by atoms with Crippen LogP contribution < -0.4 is 10.1 Å². The lowest BCUT2D eigenvalue weighted by atomic mass is 10.2. The Hall–Kier alpha value is -3.17. The maximum Gasteiger partial charge on any atom is 0.236 e. The molecule has 0 saturated carbocycles. The molecule has 0 saturated heterocycles. The Kier molecular flexibility index (Phi) is 6.63. The molecule has 158 valence electrons. The summed E-state index contributed by atoms with van der Waals surface area (Å²) in [6.07, 6.45) is 1.78. The predicted octanol–water partition coefficient (Wildman–Crippen LogP) is 4.87. The lowest BCUT2D eigenvalue weighted by Crippen LogP contribution is -2.14. The molecule has 0 unspecified atom stereocenters. The smallest absolute Gasteiger partial charge is 0.236 e. The van der Waals surface area contributed by atoms with E-state index in [1.807, 2.05) is 60.0 Å². The number of amides is 1. The van der Waals surface area contributed by atoms with Gasteiger partial charge in [0.1, 0.15) is 5.75 Å². The number of carbonyl (C=O) groups is 1. The van der Waals surface area contributed by atoms with E-state index in [2.05, 4.69) is 27.1 Å². The van der Waals surface area contributed by atoms with Crippen LogP contribution in [0.25, 0.3) is 21.6 Å². The van der Waals surface area contributed by atoms with E-state index in [-0.39, 0.29) is 11.7 Å². The Morgan fingerprint density at radius 2 is 2.03 bits per heavy atom. The van der Waals surface area contributed by atoms with E-state index in [0.29, 0.717) is 23.4 Å². The van der Waals surface area contributed by atoms with E-state index in [0.717, 1.165) is 27.4 Å². The molecule has 7 nitrogen and oxygen atoms in total. The minimum absolute atomic E-state index is 0.139. The molecule has 0 aliphatic heterocycles. The number of carbonyl (C=O) groups excluding carboxylic acids is 1. The first-order chi connectivity index (χ1) is 15.2. The van der Waals surface area contributed by atoms with Crippen molar-refractivity contribution in [1.29, 1.82) is 0 Å². The predicted molar refractivity (Wildman–Crippen MR) is 126 cm³/mol. The maximum atomic E-state index is 12.5. The fraction of sp³-hybridized carbons (Fsp3) is 0.182. The molecule has 2 aromatic carbocycles. The van der Waals surface area contributed by atoms with E-state index in [1.54, 1.807) is 6.08 Å². The zero-order valence-corrected chi connectivity index (χ0v) is 18.6. The van der Waals surface area contributed by atoms with Crippen LogP contribution in [0.15, 0.2) is 66.3 Å². The Bertz CT molecular complexity index is 1170. The van der Waals surface area contributed by atoms with Gasteiger partial charge in [0, 0.05) is 12.1 Å². The number of nitrogens with zero attached hydrogens (tertiary/aromatic N) is 4. The van der Waals surface area contributed by atoms with Crippen LogP contribution in [-0.4, -0.2) is 38.0 Å². The molecular weight excluding hydrogens is 430 g/mol. The fourth-order valence-corrected chi connectivity index (χ4v) is 4.61. The van der Waals surface area contributed by atoms with E-state index in [9.17, 15) is 4.79 Å². The summed E-state index contributed by atoms with van der Waals surface area (Å²) in [7, 11) is 0. The van der Waals surface area contributed by atoms with Crippen molar-refractivity contribution < 1.29 is 9.53 Å². The monoisotopic (exact) mass is 451 g/mol. The molecular formula is C22H21N5O2S2. The van der Waals surface area contributed by atoms with Crippen LogP contribution in [0, 0.1) is 0 Å². The number of aromatic nitrogens is 4. The quantitative estimate of drug-likeness (QED) is 0.289. The summed E-state index contributed by atoms with van der Waals surface area (Å²) in [5, 5.41) is 12.7. The summed E-state index contributed by atoms with van der Waals surface area (Å²) in [4.78, 5) is 16.9. The van der Waals surface area contributed by atoms with E-state index in [4.69, 9.17) is 4.74 Å². The average Bonchev–Trinajstić information content (AvgIpc) is 3.37. The normalized spacial score (nSPS) is 10.9. The molecule has 4 aromatic rings. The number of fused-ring (bicyclic) bond motifs is 1. The van der Waals surface area contributed by atoms with Crippen molar-refractivity contribution in [3.63, 3.8) is 0 Å². The standard InChI is InChI=1S/C22H21N5O2S2/c1-3-13-27-20(15-9-11-16(12-10-15)29-4-2)25-26-22(27)30-14-19(28)24-21-23-17-7-5-6-8-18(17)31-21/h3,5-12H,1,4,13-14H2,2H3,(H,23,24,28). The number of anilines is 1. The second-order valence-electron chi connectivity index (χ2n) is 6.49. The number of allylic oxidation sites excluding steroid dienone is 1. The third-order valence-corrected chi connectivity index (χ3v) is 6.24. The van der Waals surface area contributed by atoms with Gasteiger partial charge in [0.15, 0.2) is 16.1 Å². The molecule has 2 heterocycles. The van der Waals surface area contributed by atoms with E-state index >= 15 is 0 Å². The minimum atomic E-state index is -0.139. The molecule has 31 heavy (non-hydrogen) atoms. The van der Waals surface area contributed by atoms with Crippen LogP contribution in [-0.2, 0) is 11.3 Å². The third-order valence-electron chi connectivity index (χ3n) is 4.32. The van der Waals surface area contributed by atoms with Crippen LogP contribution in [0.4, 0.5) is 5.13 Å². The number of hydrogen-bond donors (Lipinski definition) is 1. The Morgan fingerprint density at radius 3 is 2.77 bits per heavy atom. The number of thioether (sulfide) groups is 1. The van der Waals surface area contributed by atoms with Crippen molar-refractivity contribution in [2.45, 2.75) is 18.6 Å². The van der Waals surface area contributed by atoms with Crippen molar-refractivity contribution in [3.8, 4) is 17.1 Å². The number of nitrogens with one attached hydrogen (secondary N) is 1. The Labute approximate surface area is 188 Å². The zero-order valence-electron chi connectivity index (χ0n) is 16.9. The van der Waals surface area contributed by atoms with Gasteiger partial charge in [0.25, 0.3) is 0 Å². The summed E-state index contributed by atoms with van der Waals surface area (Å²) in [6.45, 7) is 6.94. The highest BCUT2D eigenvalue weighted by Crippen LogP contribution is 2.27. The van der Waals surface area contributed by atoms with Crippen LogP contribution >= 0.6 is 23.1 Å². The number of ether oxygens (including phenoxy) is 1. The summed E-state index contributed by atoms with van der Waals surface area (Å²) < 4.78 is 8.48. The maximum absolute atomic E-state index is 12.5. The van der Waals surface area contributed by atoms with Gasteiger partial charge in [-0.1, -0.05) is 41.3 Å².